The molecule has 180 valence electrons. The first-order valence-corrected chi connectivity index (χ1v) is 11.4. The molecule has 33 heavy (non-hydrogen) atoms. The second-order valence-corrected chi connectivity index (χ2v) is 8.69. The molecule has 1 atom stereocenters. The number of hydrogen-bond acceptors (Lipinski definition) is 5. The topological polar surface area (TPSA) is 40.2 Å². The molecule has 0 aliphatic rings. The molecule has 2 aromatic rings. The van der Waals surface area contributed by atoms with Gasteiger partial charge in [-0.3, -0.25) is 0 Å². The molecule has 0 amide bonds. The zero-order chi connectivity index (χ0) is 24.4. The highest BCUT2D eigenvalue weighted by Gasteiger charge is 2.34. The smallest absolute Gasteiger partial charge is 0.161 e. The zero-order valence-corrected chi connectivity index (χ0v) is 21.2. The van der Waals surface area contributed by atoms with E-state index in [0.717, 1.165) is 49.4 Å². The van der Waals surface area contributed by atoms with E-state index in [1.165, 1.54) is 5.56 Å². The predicted molar refractivity (Wildman–Crippen MR) is 135 cm³/mol. The lowest BCUT2D eigenvalue weighted by molar-refractivity contribution is 0.294. The first kappa shape index (κ1) is 26.4. The monoisotopic (exact) mass is 453 g/mol. The lowest BCUT2D eigenvalue weighted by Crippen LogP contribution is -2.32. The molecule has 0 spiro atoms. The number of rotatable bonds is 13. The lowest BCUT2D eigenvalue weighted by atomic mass is 9.69. The molecule has 0 bridgehead atoms. The summed E-state index contributed by atoms with van der Waals surface area (Å²) in [6.45, 7) is 6.31. The van der Waals surface area contributed by atoms with Crippen LogP contribution in [0.15, 0.2) is 36.4 Å². The number of ether oxygens (including phenoxy) is 4. The van der Waals surface area contributed by atoms with Crippen molar-refractivity contribution in [3.05, 3.63) is 47.5 Å². The molecule has 0 aromatic heterocycles. The van der Waals surface area contributed by atoms with Gasteiger partial charge in [0.2, 0.25) is 0 Å². The highest BCUT2D eigenvalue weighted by Crippen LogP contribution is 2.40. The Hall–Kier alpha value is -2.84. The van der Waals surface area contributed by atoms with Crippen LogP contribution < -0.4 is 18.9 Å². The number of benzene rings is 2. The molecule has 0 heterocycles. The van der Waals surface area contributed by atoms with Crippen LogP contribution in [-0.4, -0.2) is 53.5 Å². The summed E-state index contributed by atoms with van der Waals surface area (Å²) < 4.78 is 21.7. The van der Waals surface area contributed by atoms with Crippen LogP contribution in [0.4, 0.5) is 0 Å². The molecule has 0 saturated heterocycles. The van der Waals surface area contributed by atoms with Crippen molar-refractivity contribution in [3.8, 4) is 35.3 Å². The van der Waals surface area contributed by atoms with Crippen molar-refractivity contribution in [2.24, 2.45) is 5.92 Å². The quantitative estimate of drug-likeness (QED) is 0.390. The van der Waals surface area contributed by atoms with Crippen molar-refractivity contribution < 1.29 is 18.9 Å². The Bertz CT molecular complexity index is 934. The van der Waals surface area contributed by atoms with E-state index in [1.54, 1.807) is 28.4 Å². The normalized spacial score (nSPS) is 12.8. The lowest BCUT2D eigenvalue weighted by Gasteiger charge is -2.34. The molecule has 5 nitrogen and oxygen atoms in total. The van der Waals surface area contributed by atoms with Gasteiger partial charge >= 0.3 is 0 Å². The highest BCUT2D eigenvalue weighted by atomic mass is 16.5. The van der Waals surface area contributed by atoms with E-state index in [1.807, 2.05) is 24.3 Å². The molecule has 5 heteroatoms. The summed E-state index contributed by atoms with van der Waals surface area (Å²) in [5.41, 5.74) is 1.97. The molecule has 0 N–H and O–H groups in total. The van der Waals surface area contributed by atoms with Gasteiger partial charge in [0.25, 0.3) is 0 Å². The van der Waals surface area contributed by atoms with Gasteiger partial charge in [-0.05, 0) is 74.2 Å². The number of hydrogen-bond donors (Lipinski definition) is 0. The Morgan fingerprint density at radius 3 is 1.97 bits per heavy atom. The summed E-state index contributed by atoms with van der Waals surface area (Å²) >= 11 is 0. The largest absolute Gasteiger partial charge is 0.493 e. The fourth-order valence-electron chi connectivity index (χ4n) is 4.30. The maximum absolute atomic E-state index is 6.15. The van der Waals surface area contributed by atoms with E-state index in [0.29, 0.717) is 11.5 Å². The molecule has 1 unspecified atom stereocenters. The Balaban J connectivity index is 2.02. The van der Waals surface area contributed by atoms with Crippen LogP contribution in [0.2, 0.25) is 0 Å². The van der Waals surface area contributed by atoms with Gasteiger partial charge in [0.05, 0.1) is 33.9 Å². The molecular formula is C28H39NO4. The molecule has 0 fully saturated rings. The number of terminal acetylenes is 1. The third kappa shape index (κ3) is 6.36. The van der Waals surface area contributed by atoms with Gasteiger partial charge in [0.15, 0.2) is 23.0 Å². The molecule has 0 aliphatic heterocycles. The van der Waals surface area contributed by atoms with Crippen LogP contribution in [0, 0.1) is 18.3 Å². The summed E-state index contributed by atoms with van der Waals surface area (Å²) in [6.07, 6.45) is 8.99. The Morgan fingerprint density at radius 2 is 1.42 bits per heavy atom. The van der Waals surface area contributed by atoms with Gasteiger partial charge in [0, 0.05) is 6.54 Å². The van der Waals surface area contributed by atoms with Crippen LogP contribution in [-0.2, 0) is 11.8 Å². The summed E-state index contributed by atoms with van der Waals surface area (Å²) in [5, 5.41) is 0. The first-order chi connectivity index (χ1) is 15.8. The van der Waals surface area contributed by atoms with E-state index < -0.39 is 0 Å². The maximum Gasteiger partial charge on any atom is 0.161 e. The number of methoxy groups -OCH3 is 4. The van der Waals surface area contributed by atoms with Crippen LogP contribution in [0.1, 0.15) is 37.8 Å². The van der Waals surface area contributed by atoms with E-state index in [-0.39, 0.29) is 11.3 Å². The summed E-state index contributed by atoms with van der Waals surface area (Å²) in [5.74, 6) is 6.37. The van der Waals surface area contributed by atoms with Gasteiger partial charge in [-0.15, -0.1) is 6.42 Å². The summed E-state index contributed by atoms with van der Waals surface area (Å²) in [6, 6.07) is 12.1. The zero-order valence-electron chi connectivity index (χ0n) is 21.2. The minimum absolute atomic E-state index is 0.290. The van der Waals surface area contributed by atoms with Gasteiger partial charge in [-0.1, -0.05) is 31.9 Å². The van der Waals surface area contributed by atoms with Crippen LogP contribution >= 0.6 is 0 Å². The summed E-state index contributed by atoms with van der Waals surface area (Å²) in [4.78, 5) is 2.35. The second kappa shape index (κ2) is 12.4. The fourth-order valence-corrected chi connectivity index (χ4v) is 4.30. The van der Waals surface area contributed by atoms with Crippen molar-refractivity contribution in [2.45, 2.75) is 38.5 Å². The summed E-state index contributed by atoms with van der Waals surface area (Å²) in [7, 11) is 8.78. The minimum atomic E-state index is -0.357. The molecule has 0 radical (unpaired) electrons. The van der Waals surface area contributed by atoms with Crippen LogP contribution in [0.25, 0.3) is 0 Å². The average molecular weight is 454 g/mol. The van der Waals surface area contributed by atoms with Gasteiger partial charge in [-0.25, -0.2) is 0 Å². The molecule has 2 aromatic carbocycles. The van der Waals surface area contributed by atoms with Crippen molar-refractivity contribution in [3.63, 3.8) is 0 Å². The van der Waals surface area contributed by atoms with Crippen LogP contribution in [0.3, 0.4) is 0 Å². The predicted octanol–water partition coefficient (Wildman–Crippen LogP) is 5.20. The SMILES string of the molecule is C#CC(CCCN(C)CCc1ccc(OC)c(OC)c1)(c1ccc(OC)c(OC)c1)C(C)C. The third-order valence-electron chi connectivity index (χ3n) is 6.48. The molecular weight excluding hydrogens is 414 g/mol. The molecule has 0 saturated carbocycles. The van der Waals surface area contributed by atoms with E-state index >= 15 is 0 Å². The van der Waals surface area contributed by atoms with Gasteiger partial charge in [-0.2, -0.15) is 0 Å². The van der Waals surface area contributed by atoms with Crippen molar-refractivity contribution in [1.29, 1.82) is 0 Å². The number of likely N-dealkylation sites (N-methyl/N-ethyl adjacent to an activating group) is 1. The Morgan fingerprint density at radius 1 is 0.848 bits per heavy atom. The van der Waals surface area contributed by atoms with Crippen LogP contribution in [0.5, 0.6) is 23.0 Å². The third-order valence-corrected chi connectivity index (χ3v) is 6.48. The Labute approximate surface area is 200 Å². The van der Waals surface area contributed by atoms with Crippen molar-refractivity contribution in [2.75, 3.05) is 48.6 Å². The maximum atomic E-state index is 6.15. The minimum Gasteiger partial charge on any atom is -0.493 e. The van der Waals surface area contributed by atoms with E-state index in [9.17, 15) is 0 Å². The molecule has 2 rings (SSSR count). The fraction of sp³-hybridized carbons (Fsp3) is 0.500. The molecule has 0 aliphatic carbocycles. The van der Waals surface area contributed by atoms with Gasteiger partial charge < -0.3 is 23.8 Å². The van der Waals surface area contributed by atoms with E-state index in [2.05, 4.69) is 43.8 Å². The highest BCUT2D eigenvalue weighted by molar-refractivity contribution is 5.48. The number of nitrogens with zero attached hydrogens (tertiary/aromatic N) is 1. The van der Waals surface area contributed by atoms with Crippen molar-refractivity contribution in [1.82, 2.24) is 4.90 Å². The second-order valence-electron chi connectivity index (χ2n) is 8.69. The average Bonchev–Trinajstić information content (AvgIpc) is 2.84. The standard InChI is InChI=1S/C28H39NO4/c1-9-28(21(2)3,23-12-14-25(31-6)27(20-23)33-8)16-10-17-29(4)18-15-22-11-13-24(30-5)26(19-22)32-7/h1,11-14,19-21H,10,15-18H2,2-8H3. The Kier molecular flexibility index (Phi) is 9.94. The van der Waals surface area contributed by atoms with Gasteiger partial charge in [0.1, 0.15) is 0 Å². The van der Waals surface area contributed by atoms with E-state index in [4.69, 9.17) is 25.4 Å². The first-order valence-electron chi connectivity index (χ1n) is 11.4. The van der Waals surface area contributed by atoms with Crippen molar-refractivity contribution >= 4 is 0 Å².